The summed E-state index contributed by atoms with van der Waals surface area (Å²) in [6, 6.07) is 3.00. The summed E-state index contributed by atoms with van der Waals surface area (Å²) in [5.41, 5.74) is 0.502. The van der Waals surface area contributed by atoms with E-state index in [0.29, 0.717) is 17.1 Å². The van der Waals surface area contributed by atoms with Crippen molar-refractivity contribution in [1.29, 1.82) is 0 Å². The van der Waals surface area contributed by atoms with Gasteiger partial charge in [0.05, 0.1) is 19.6 Å². The van der Waals surface area contributed by atoms with Gasteiger partial charge in [0.1, 0.15) is 5.82 Å². The molecule has 0 radical (unpaired) electrons. The molecule has 2 rings (SSSR count). The lowest BCUT2D eigenvalue weighted by atomic mass is 9.97. The molecular weight excluding hydrogens is 279 g/mol. The molecule has 1 aliphatic carbocycles. The van der Waals surface area contributed by atoms with Gasteiger partial charge in [-0.1, -0.05) is 25.7 Å². The lowest BCUT2D eigenvalue weighted by Crippen LogP contribution is -2.01. The van der Waals surface area contributed by atoms with Gasteiger partial charge in [-0.3, -0.25) is 0 Å². The molecule has 1 aromatic rings. The summed E-state index contributed by atoms with van der Waals surface area (Å²) in [5.74, 6) is 1.36. The number of halogens is 2. The van der Waals surface area contributed by atoms with Gasteiger partial charge < -0.3 is 9.47 Å². The molecule has 20 heavy (non-hydrogen) atoms. The van der Waals surface area contributed by atoms with Gasteiger partial charge >= 0.3 is 0 Å². The van der Waals surface area contributed by atoms with Crippen LogP contribution in [0.15, 0.2) is 12.1 Å². The Bertz CT molecular complexity index is 444. The van der Waals surface area contributed by atoms with Crippen LogP contribution in [0.2, 0.25) is 0 Å². The maximum Gasteiger partial charge on any atom is 0.163 e. The van der Waals surface area contributed by atoms with Crippen molar-refractivity contribution in [1.82, 2.24) is 0 Å². The molecule has 0 aromatic heterocycles. The molecular formula is C16H22ClFO2. The Morgan fingerprint density at radius 1 is 1.20 bits per heavy atom. The SMILES string of the molecule is COc1cc(F)c(C(Cl)CCC2CCCC2)cc1OC. The summed E-state index contributed by atoms with van der Waals surface area (Å²) in [6.45, 7) is 0. The third-order valence-electron chi connectivity index (χ3n) is 4.14. The molecule has 4 heteroatoms. The smallest absolute Gasteiger partial charge is 0.163 e. The molecule has 0 saturated heterocycles. The molecule has 0 bridgehead atoms. The lowest BCUT2D eigenvalue weighted by Gasteiger charge is -2.16. The van der Waals surface area contributed by atoms with Crippen LogP contribution in [0.1, 0.15) is 49.5 Å². The molecule has 0 amide bonds. The second-order valence-electron chi connectivity index (χ2n) is 5.42. The monoisotopic (exact) mass is 300 g/mol. The van der Waals surface area contributed by atoms with E-state index in [1.54, 1.807) is 13.2 Å². The van der Waals surface area contributed by atoms with Crippen LogP contribution in [0.5, 0.6) is 11.5 Å². The number of benzene rings is 1. The summed E-state index contributed by atoms with van der Waals surface area (Å²) >= 11 is 6.38. The topological polar surface area (TPSA) is 18.5 Å². The van der Waals surface area contributed by atoms with Gasteiger partial charge in [0.2, 0.25) is 0 Å². The molecule has 0 N–H and O–H groups in total. The summed E-state index contributed by atoms with van der Waals surface area (Å²) < 4.78 is 24.4. The molecule has 2 nitrogen and oxygen atoms in total. The maximum absolute atomic E-state index is 14.1. The first-order valence-electron chi connectivity index (χ1n) is 7.21. The molecule has 112 valence electrons. The highest BCUT2D eigenvalue weighted by Crippen LogP contribution is 2.38. The quantitative estimate of drug-likeness (QED) is 0.681. The molecule has 0 aliphatic heterocycles. The van der Waals surface area contributed by atoms with E-state index in [0.717, 1.165) is 18.8 Å². The highest BCUT2D eigenvalue weighted by molar-refractivity contribution is 6.20. The summed E-state index contributed by atoms with van der Waals surface area (Å²) in [6.07, 6.45) is 7.10. The van der Waals surface area contributed by atoms with Crippen molar-refractivity contribution in [3.05, 3.63) is 23.5 Å². The first kappa shape index (κ1) is 15.4. The Morgan fingerprint density at radius 3 is 2.40 bits per heavy atom. The number of ether oxygens (including phenoxy) is 2. The summed E-state index contributed by atoms with van der Waals surface area (Å²) in [5, 5.41) is -0.310. The van der Waals surface area contributed by atoms with Crippen LogP contribution in [0, 0.1) is 11.7 Å². The molecule has 1 unspecified atom stereocenters. The van der Waals surface area contributed by atoms with E-state index in [-0.39, 0.29) is 11.2 Å². The van der Waals surface area contributed by atoms with Crippen molar-refractivity contribution in [2.24, 2.45) is 5.92 Å². The van der Waals surface area contributed by atoms with Gasteiger partial charge in [-0.15, -0.1) is 11.6 Å². The molecule has 1 aliphatic rings. The second kappa shape index (κ2) is 7.16. The van der Waals surface area contributed by atoms with E-state index in [1.165, 1.54) is 38.9 Å². The van der Waals surface area contributed by atoms with Gasteiger partial charge in [-0.25, -0.2) is 4.39 Å². The highest BCUT2D eigenvalue weighted by atomic mass is 35.5. The molecule has 0 spiro atoms. The fourth-order valence-corrected chi connectivity index (χ4v) is 3.24. The summed E-state index contributed by atoms with van der Waals surface area (Å²) in [7, 11) is 3.04. The van der Waals surface area contributed by atoms with Gasteiger partial charge in [0.15, 0.2) is 11.5 Å². The maximum atomic E-state index is 14.1. The molecule has 0 heterocycles. The zero-order valence-electron chi connectivity index (χ0n) is 12.1. The van der Waals surface area contributed by atoms with E-state index in [9.17, 15) is 4.39 Å². The van der Waals surface area contributed by atoms with E-state index in [4.69, 9.17) is 21.1 Å². The third kappa shape index (κ3) is 3.57. The van der Waals surface area contributed by atoms with Crippen LogP contribution < -0.4 is 9.47 Å². The first-order chi connectivity index (χ1) is 9.65. The van der Waals surface area contributed by atoms with Crippen LogP contribution in [-0.4, -0.2) is 14.2 Å². The average molecular weight is 301 g/mol. The van der Waals surface area contributed by atoms with Crippen molar-refractivity contribution in [3.8, 4) is 11.5 Å². The van der Waals surface area contributed by atoms with Crippen LogP contribution in [0.3, 0.4) is 0 Å². The number of hydrogen-bond donors (Lipinski definition) is 0. The third-order valence-corrected chi connectivity index (χ3v) is 4.60. The molecule has 1 atom stereocenters. The second-order valence-corrected chi connectivity index (χ2v) is 5.95. The zero-order chi connectivity index (χ0) is 14.5. The standard InChI is InChI=1S/C16H22ClFO2/c1-19-15-9-12(14(18)10-16(15)20-2)13(17)8-7-11-5-3-4-6-11/h9-11,13H,3-8H2,1-2H3. The van der Waals surface area contributed by atoms with Crippen molar-refractivity contribution in [2.75, 3.05) is 14.2 Å². The van der Waals surface area contributed by atoms with Crippen molar-refractivity contribution in [2.45, 2.75) is 43.9 Å². The normalized spacial score (nSPS) is 17.2. The Labute approximate surface area is 125 Å². The van der Waals surface area contributed by atoms with E-state index >= 15 is 0 Å². The molecule has 1 saturated carbocycles. The average Bonchev–Trinajstić information content (AvgIpc) is 2.97. The minimum atomic E-state index is -0.325. The van der Waals surface area contributed by atoms with E-state index in [1.807, 2.05) is 0 Å². The van der Waals surface area contributed by atoms with E-state index < -0.39 is 0 Å². The van der Waals surface area contributed by atoms with Crippen LogP contribution in [0.4, 0.5) is 4.39 Å². The van der Waals surface area contributed by atoms with Crippen molar-refractivity contribution >= 4 is 11.6 Å². The van der Waals surface area contributed by atoms with Gasteiger partial charge in [0, 0.05) is 11.6 Å². The first-order valence-corrected chi connectivity index (χ1v) is 7.64. The predicted octanol–water partition coefficient (Wildman–Crippen LogP) is 5.09. The van der Waals surface area contributed by atoms with Gasteiger partial charge in [-0.05, 0) is 24.8 Å². The van der Waals surface area contributed by atoms with Crippen molar-refractivity contribution in [3.63, 3.8) is 0 Å². The number of alkyl halides is 1. The largest absolute Gasteiger partial charge is 0.493 e. The Morgan fingerprint density at radius 2 is 1.80 bits per heavy atom. The minimum Gasteiger partial charge on any atom is -0.493 e. The highest BCUT2D eigenvalue weighted by Gasteiger charge is 2.21. The number of methoxy groups -OCH3 is 2. The van der Waals surface area contributed by atoms with Gasteiger partial charge in [-0.2, -0.15) is 0 Å². The summed E-state index contributed by atoms with van der Waals surface area (Å²) in [4.78, 5) is 0. The number of rotatable bonds is 6. The van der Waals surface area contributed by atoms with Crippen LogP contribution >= 0.6 is 11.6 Å². The molecule has 1 fully saturated rings. The van der Waals surface area contributed by atoms with Crippen LogP contribution in [-0.2, 0) is 0 Å². The van der Waals surface area contributed by atoms with Gasteiger partial charge in [0.25, 0.3) is 0 Å². The van der Waals surface area contributed by atoms with Crippen molar-refractivity contribution < 1.29 is 13.9 Å². The molecule has 1 aromatic carbocycles. The Balaban J connectivity index is 2.06. The Kier molecular flexibility index (Phi) is 5.53. The van der Waals surface area contributed by atoms with E-state index in [2.05, 4.69) is 0 Å². The fraction of sp³-hybridized carbons (Fsp3) is 0.625. The number of hydrogen-bond acceptors (Lipinski definition) is 2. The predicted molar refractivity (Wildman–Crippen MR) is 79.3 cm³/mol. The Hall–Kier alpha value is -0.960. The minimum absolute atomic E-state index is 0.310. The fourth-order valence-electron chi connectivity index (χ4n) is 2.95. The van der Waals surface area contributed by atoms with Crippen LogP contribution in [0.25, 0.3) is 0 Å². The lowest BCUT2D eigenvalue weighted by molar-refractivity contribution is 0.351. The zero-order valence-corrected chi connectivity index (χ0v) is 12.9.